The van der Waals surface area contributed by atoms with E-state index in [9.17, 15) is 9.59 Å². The molecule has 17 heavy (non-hydrogen) atoms. The van der Waals surface area contributed by atoms with Crippen LogP contribution in [0.2, 0.25) is 0 Å². The molecule has 0 spiro atoms. The Morgan fingerprint density at radius 2 is 2.12 bits per heavy atom. The minimum atomic E-state index is -1.12. The van der Waals surface area contributed by atoms with Crippen molar-refractivity contribution < 1.29 is 14.7 Å². The van der Waals surface area contributed by atoms with Crippen molar-refractivity contribution in [2.45, 2.75) is 31.3 Å². The normalized spacial score (nSPS) is 17.8. The van der Waals surface area contributed by atoms with E-state index in [1.165, 1.54) is 0 Å². The fourth-order valence-corrected chi connectivity index (χ4v) is 1.67. The first-order valence-corrected chi connectivity index (χ1v) is 5.57. The number of carbonyl (C=O) groups excluding carboxylic acids is 1. The molecule has 1 aliphatic rings. The quantitative estimate of drug-likeness (QED) is 0.498. The monoisotopic (exact) mass is 239 g/mol. The van der Waals surface area contributed by atoms with Crippen LogP contribution in [0, 0.1) is 12.3 Å². The van der Waals surface area contributed by atoms with Gasteiger partial charge in [-0.2, -0.15) is 0 Å². The number of carboxylic acid groups (broad SMARTS) is 1. The summed E-state index contributed by atoms with van der Waals surface area (Å²) in [7, 11) is 0. The van der Waals surface area contributed by atoms with Gasteiger partial charge in [0, 0.05) is 12.5 Å². The predicted molar refractivity (Wildman–Crippen MR) is 62.4 cm³/mol. The Kier molecular flexibility index (Phi) is 5.30. The number of piperidine rings is 1. The van der Waals surface area contributed by atoms with Gasteiger partial charge in [-0.1, -0.05) is 0 Å². The van der Waals surface area contributed by atoms with E-state index in [-0.39, 0.29) is 12.5 Å². The molecule has 0 aromatic rings. The van der Waals surface area contributed by atoms with E-state index in [4.69, 9.17) is 11.5 Å². The Balaban J connectivity index is 2.36. The van der Waals surface area contributed by atoms with Crippen LogP contribution in [0.5, 0.6) is 0 Å². The fraction of sp³-hybridized carbons (Fsp3) is 0.636. The van der Waals surface area contributed by atoms with Crippen molar-refractivity contribution in [3.05, 3.63) is 0 Å². The Labute approximate surface area is 100 Å². The molecule has 1 fully saturated rings. The van der Waals surface area contributed by atoms with E-state index < -0.39 is 18.0 Å². The van der Waals surface area contributed by atoms with E-state index in [2.05, 4.69) is 21.9 Å². The van der Waals surface area contributed by atoms with Gasteiger partial charge in [0.15, 0.2) is 0 Å². The maximum Gasteiger partial charge on any atom is 0.327 e. The van der Waals surface area contributed by atoms with E-state index in [1.54, 1.807) is 0 Å². The lowest BCUT2D eigenvalue weighted by molar-refractivity contribution is -0.139. The van der Waals surface area contributed by atoms with Gasteiger partial charge < -0.3 is 21.1 Å². The largest absolute Gasteiger partial charge is 0.480 e. The molecule has 2 amide bonds. The highest BCUT2D eigenvalue weighted by molar-refractivity contribution is 5.82. The molecule has 0 aromatic carbocycles. The van der Waals surface area contributed by atoms with Gasteiger partial charge in [-0.3, -0.25) is 0 Å². The van der Waals surface area contributed by atoms with Crippen LogP contribution in [0.15, 0.2) is 0 Å². The second kappa shape index (κ2) is 6.76. The molecule has 0 bridgehead atoms. The van der Waals surface area contributed by atoms with Crippen LogP contribution < -0.4 is 16.0 Å². The third-order valence-electron chi connectivity index (χ3n) is 2.60. The number of hydrogen-bond acceptors (Lipinski definition) is 3. The van der Waals surface area contributed by atoms with Gasteiger partial charge in [0.25, 0.3) is 0 Å². The highest BCUT2D eigenvalue weighted by atomic mass is 16.4. The summed E-state index contributed by atoms with van der Waals surface area (Å²) in [4.78, 5) is 22.3. The maximum atomic E-state index is 11.5. The minimum absolute atomic E-state index is 0.0189. The fourth-order valence-electron chi connectivity index (χ4n) is 1.67. The lowest BCUT2D eigenvalue weighted by Crippen LogP contribution is -2.51. The topological polar surface area (TPSA) is 90.5 Å². The highest BCUT2D eigenvalue weighted by Gasteiger charge is 2.21. The average Bonchev–Trinajstić information content (AvgIpc) is 2.29. The molecule has 6 heteroatoms. The van der Waals surface area contributed by atoms with E-state index in [0.29, 0.717) is 0 Å². The molecule has 1 saturated heterocycles. The molecule has 0 radical (unpaired) electrons. The average molecular weight is 239 g/mol. The zero-order valence-corrected chi connectivity index (χ0v) is 9.53. The Morgan fingerprint density at radius 3 is 2.65 bits per heavy atom. The van der Waals surface area contributed by atoms with E-state index in [0.717, 1.165) is 25.9 Å². The van der Waals surface area contributed by atoms with E-state index in [1.807, 2.05) is 0 Å². The van der Waals surface area contributed by atoms with Crippen LogP contribution in [-0.4, -0.2) is 42.3 Å². The smallest absolute Gasteiger partial charge is 0.327 e. The number of carboxylic acids is 1. The van der Waals surface area contributed by atoms with Gasteiger partial charge in [-0.25, -0.2) is 9.59 Å². The summed E-state index contributed by atoms with van der Waals surface area (Å²) in [6.45, 7) is 1.72. The van der Waals surface area contributed by atoms with Gasteiger partial charge in [0.05, 0.1) is 0 Å². The van der Waals surface area contributed by atoms with Crippen LogP contribution in [0.4, 0.5) is 4.79 Å². The predicted octanol–water partition coefficient (Wildman–Crippen LogP) is -0.486. The zero-order valence-electron chi connectivity index (χ0n) is 9.53. The number of nitrogens with one attached hydrogen (secondary N) is 3. The number of urea groups is 1. The lowest BCUT2D eigenvalue weighted by atomic mass is 10.1. The summed E-state index contributed by atoms with van der Waals surface area (Å²) < 4.78 is 0. The van der Waals surface area contributed by atoms with Gasteiger partial charge in [-0.05, 0) is 25.9 Å². The van der Waals surface area contributed by atoms with Crippen LogP contribution in [-0.2, 0) is 4.79 Å². The molecule has 0 aromatic heterocycles. The van der Waals surface area contributed by atoms with Crippen molar-refractivity contribution in [3.63, 3.8) is 0 Å². The molecule has 1 unspecified atom stereocenters. The van der Waals surface area contributed by atoms with Crippen molar-refractivity contribution in [2.24, 2.45) is 0 Å². The van der Waals surface area contributed by atoms with Gasteiger partial charge >= 0.3 is 12.0 Å². The van der Waals surface area contributed by atoms with Crippen molar-refractivity contribution >= 4 is 12.0 Å². The highest BCUT2D eigenvalue weighted by Crippen LogP contribution is 2.01. The molecule has 94 valence electrons. The summed E-state index contributed by atoms with van der Waals surface area (Å²) >= 11 is 0. The first-order valence-electron chi connectivity index (χ1n) is 5.57. The number of hydrogen-bond donors (Lipinski definition) is 4. The lowest BCUT2D eigenvalue weighted by Gasteiger charge is -2.24. The minimum Gasteiger partial charge on any atom is -0.480 e. The number of aliphatic carboxylic acids is 1. The van der Waals surface area contributed by atoms with Crippen LogP contribution in [0.25, 0.3) is 0 Å². The summed E-state index contributed by atoms with van der Waals surface area (Å²) in [5.74, 6) is 1.10. The molecule has 1 atom stereocenters. The zero-order chi connectivity index (χ0) is 12.7. The Morgan fingerprint density at radius 1 is 1.47 bits per heavy atom. The standard InChI is InChI=1S/C11H17N3O3/c1-2-3-9(10(15)16)14-11(17)13-8-4-6-12-7-5-8/h1,8-9,12H,3-7H2,(H,15,16)(H2,13,14,17). The molecule has 0 saturated carbocycles. The molecule has 4 N–H and O–H groups in total. The number of rotatable bonds is 4. The van der Waals surface area contributed by atoms with E-state index >= 15 is 0 Å². The molecule has 0 aliphatic carbocycles. The SMILES string of the molecule is C#CCC(NC(=O)NC1CCNCC1)C(=O)O. The summed E-state index contributed by atoms with van der Waals surface area (Å²) in [6, 6.07) is -1.40. The first kappa shape index (κ1) is 13.3. The summed E-state index contributed by atoms with van der Waals surface area (Å²) in [5.41, 5.74) is 0. The van der Waals surface area contributed by atoms with Crippen molar-refractivity contribution in [3.8, 4) is 12.3 Å². The van der Waals surface area contributed by atoms with Crippen molar-refractivity contribution in [1.82, 2.24) is 16.0 Å². The maximum absolute atomic E-state index is 11.5. The second-order valence-electron chi connectivity index (χ2n) is 3.94. The van der Waals surface area contributed by atoms with Crippen molar-refractivity contribution in [2.75, 3.05) is 13.1 Å². The third-order valence-corrected chi connectivity index (χ3v) is 2.60. The summed E-state index contributed by atoms with van der Waals surface area (Å²) in [5, 5.41) is 17.1. The number of amides is 2. The van der Waals surface area contributed by atoms with Gasteiger partial charge in [-0.15, -0.1) is 12.3 Å². The molecular formula is C11H17N3O3. The van der Waals surface area contributed by atoms with Gasteiger partial charge in [0.1, 0.15) is 6.04 Å². The van der Waals surface area contributed by atoms with Gasteiger partial charge in [0.2, 0.25) is 0 Å². The number of terminal acetylenes is 1. The molecule has 6 nitrogen and oxygen atoms in total. The number of carbonyl (C=O) groups is 2. The third kappa shape index (κ3) is 4.74. The molecular weight excluding hydrogens is 222 g/mol. The van der Waals surface area contributed by atoms with Crippen molar-refractivity contribution in [1.29, 1.82) is 0 Å². The Hall–Kier alpha value is -1.74. The second-order valence-corrected chi connectivity index (χ2v) is 3.94. The first-order chi connectivity index (χ1) is 8.13. The van der Waals surface area contributed by atoms with Crippen LogP contribution in [0.1, 0.15) is 19.3 Å². The van der Waals surface area contributed by atoms with Crippen LogP contribution in [0.3, 0.4) is 0 Å². The Bertz CT molecular complexity index is 318. The van der Waals surface area contributed by atoms with Crippen LogP contribution >= 0.6 is 0 Å². The molecule has 1 heterocycles. The summed E-state index contributed by atoms with van der Waals surface area (Å²) in [6.07, 6.45) is 6.71. The molecule has 1 aliphatic heterocycles. The molecule has 1 rings (SSSR count).